The smallest absolute Gasteiger partial charge is 0.351 e. The number of ketones is 1. The summed E-state index contributed by atoms with van der Waals surface area (Å²) < 4.78 is 6.19. The number of ether oxygens (including phenoxy) is 1. The van der Waals surface area contributed by atoms with Crippen LogP contribution in [0.5, 0.6) is 5.75 Å². The van der Waals surface area contributed by atoms with Crippen LogP contribution in [0.2, 0.25) is 0 Å². The summed E-state index contributed by atoms with van der Waals surface area (Å²) in [5.41, 5.74) is 8.45. The molecule has 0 unspecified atom stereocenters. The summed E-state index contributed by atoms with van der Waals surface area (Å²) in [6.45, 7) is 8.07. The lowest BCUT2D eigenvalue weighted by Crippen LogP contribution is -2.62. The molecule has 17 heteroatoms. The van der Waals surface area contributed by atoms with Crippen LogP contribution in [0.1, 0.15) is 134 Å². The molecule has 1 aliphatic heterocycles. The van der Waals surface area contributed by atoms with Crippen molar-refractivity contribution in [2.75, 3.05) is 18.9 Å². The number of benzene rings is 1. The SMILES string of the molecule is C[C@H](CCC(=O)NCC(=O)O)[C@H]1CC[C@H]2[C@@H]3[C@H](O)C[C@@H]4C[C@H](O)CC[C@]4(C)[C@H]3C[C@H](O)[C@]12C.C[C@]12CC[C@H]3C(=CCc4cc(O)ccc43)[C@@H]1CCC2=O.Nc1ccn([C@@H]2O[C@H](CO)[C@@H](O)[C@@H]2O)c(=O)n1. The maximum atomic E-state index is 12.2. The molecule has 2 heterocycles. The van der Waals surface area contributed by atoms with E-state index in [0.717, 1.165) is 75.2 Å². The third-order valence-electron chi connectivity index (χ3n) is 19.3. The summed E-state index contributed by atoms with van der Waals surface area (Å²) in [7, 11) is 0. The van der Waals surface area contributed by atoms with Crippen LogP contribution >= 0.6 is 0 Å². The first-order valence-electron chi connectivity index (χ1n) is 25.7. The molecule has 1 amide bonds. The van der Waals surface area contributed by atoms with Crippen LogP contribution in [0.15, 0.2) is 46.9 Å². The lowest BCUT2D eigenvalue weighted by molar-refractivity contribution is -0.207. The molecule has 17 nitrogen and oxygen atoms in total. The van der Waals surface area contributed by atoms with E-state index >= 15 is 0 Å². The Hall–Kier alpha value is -4.23. The minimum atomic E-state index is -1.31. The highest BCUT2D eigenvalue weighted by atomic mass is 16.6. The van der Waals surface area contributed by atoms with Gasteiger partial charge >= 0.3 is 11.7 Å². The number of anilines is 1. The minimum absolute atomic E-state index is 0.0537. The molecule has 6 saturated carbocycles. The van der Waals surface area contributed by atoms with E-state index in [2.05, 4.69) is 50.1 Å². The van der Waals surface area contributed by atoms with Crippen molar-refractivity contribution in [2.24, 2.45) is 57.7 Å². The van der Waals surface area contributed by atoms with Crippen molar-refractivity contribution in [3.63, 3.8) is 0 Å². The third-order valence-corrected chi connectivity index (χ3v) is 19.3. The predicted octanol–water partition coefficient (Wildman–Crippen LogP) is 3.74. The maximum Gasteiger partial charge on any atom is 0.351 e. The lowest BCUT2D eigenvalue weighted by atomic mass is 9.43. The second-order valence-corrected chi connectivity index (χ2v) is 22.8. The fourth-order valence-corrected chi connectivity index (χ4v) is 15.4. The van der Waals surface area contributed by atoms with Crippen LogP contribution in [0.3, 0.4) is 0 Å². The van der Waals surface area contributed by atoms with E-state index in [-0.39, 0.29) is 76.3 Å². The number of aromatic hydroxyl groups is 1. The largest absolute Gasteiger partial charge is 0.508 e. The number of aromatic nitrogens is 2. The quantitative estimate of drug-likeness (QED) is 0.169. The molecule has 10 rings (SSSR count). The predicted molar refractivity (Wildman–Crippen MR) is 257 cm³/mol. The first-order chi connectivity index (χ1) is 33.1. The fraction of sp³-hybridized carbons (Fsp3) is 0.717. The molecule has 11 N–H and O–H groups in total. The van der Waals surface area contributed by atoms with Gasteiger partial charge in [0.2, 0.25) is 5.91 Å². The Bertz CT molecular complexity index is 2360. The molecule has 18 atom stereocenters. The van der Waals surface area contributed by atoms with Crippen LogP contribution in [0.4, 0.5) is 5.82 Å². The molecule has 1 aromatic heterocycles. The number of aliphatic hydroxyl groups excluding tert-OH is 6. The van der Waals surface area contributed by atoms with Crippen molar-refractivity contribution in [3.05, 3.63) is 63.7 Å². The van der Waals surface area contributed by atoms with Gasteiger partial charge in [0.15, 0.2) is 6.23 Å². The van der Waals surface area contributed by atoms with Crippen molar-refractivity contribution >= 4 is 23.5 Å². The van der Waals surface area contributed by atoms with Gasteiger partial charge < -0.3 is 56.6 Å². The van der Waals surface area contributed by atoms with Crippen molar-refractivity contribution in [1.82, 2.24) is 14.9 Å². The molecule has 8 aliphatic rings. The first kappa shape index (κ1) is 52.1. The second kappa shape index (κ2) is 20.3. The Kier molecular flexibility index (Phi) is 15.1. The second-order valence-electron chi connectivity index (χ2n) is 22.8. The number of carbonyl (C=O) groups excluding carboxylic acids is 2. The number of nitrogen functional groups attached to an aromatic ring is 1. The van der Waals surface area contributed by atoms with Gasteiger partial charge in [-0.25, -0.2) is 4.79 Å². The number of nitrogens with two attached hydrogens (primary N) is 1. The van der Waals surface area contributed by atoms with Crippen molar-refractivity contribution in [1.29, 1.82) is 0 Å². The zero-order valence-corrected chi connectivity index (χ0v) is 41.0. The van der Waals surface area contributed by atoms with Gasteiger partial charge in [0, 0.05) is 30.4 Å². The zero-order valence-electron chi connectivity index (χ0n) is 41.0. The number of nitrogens with zero attached hydrogens (tertiary/aromatic N) is 2. The highest BCUT2D eigenvalue weighted by molar-refractivity contribution is 5.88. The Labute approximate surface area is 409 Å². The lowest BCUT2D eigenvalue weighted by Gasteiger charge is -2.63. The molecule has 0 spiro atoms. The summed E-state index contributed by atoms with van der Waals surface area (Å²) in [6, 6.07) is 7.16. The molecule has 0 bridgehead atoms. The van der Waals surface area contributed by atoms with E-state index in [1.807, 2.05) is 6.07 Å². The van der Waals surface area contributed by atoms with Crippen LogP contribution < -0.4 is 16.7 Å². The molecule has 70 heavy (non-hydrogen) atoms. The number of aliphatic hydroxyl groups is 6. The van der Waals surface area contributed by atoms with Crippen LogP contribution in [-0.4, -0.2) is 118 Å². The van der Waals surface area contributed by atoms with E-state index in [4.69, 9.17) is 20.7 Å². The van der Waals surface area contributed by atoms with E-state index < -0.39 is 48.9 Å². The average Bonchev–Trinajstić information content (AvgIpc) is 3.94. The van der Waals surface area contributed by atoms with Gasteiger partial charge in [-0.3, -0.25) is 19.0 Å². The summed E-state index contributed by atoms with van der Waals surface area (Å²) in [5, 5.41) is 82.2. The fourth-order valence-electron chi connectivity index (χ4n) is 15.4. The number of nitrogens with one attached hydrogen (secondary N) is 1. The number of carboxylic acid groups (broad SMARTS) is 1. The van der Waals surface area contributed by atoms with Gasteiger partial charge in [-0.1, -0.05) is 45.4 Å². The van der Waals surface area contributed by atoms with E-state index in [9.17, 15) is 49.8 Å². The van der Waals surface area contributed by atoms with Gasteiger partial charge in [-0.2, -0.15) is 4.98 Å². The van der Waals surface area contributed by atoms with Crippen LogP contribution in [0, 0.1) is 57.7 Å². The number of allylic oxidation sites excluding steroid dienone is 2. The number of phenols is 1. The molecule has 1 saturated heterocycles. The number of hydrogen-bond donors (Lipinski definition) is 10. The summed E-state index contributed by atoms with van der Waals surface area (Å²) in [6.07, 6.45) is 9.71. The number of Topliss-reactive ketones (excluding diaryl/α,β-unsaturated/α-hetero) is 1. The topological polar surface area (TPSA) is 295 Å². The molecule has 0 radical (unpaired) electrons. The number of aliphatic carboxylic acids is 1. The molecular formula is C53H76N4O13. The number of hydrogen-bond acceptors (Lipinski definition) is 14. The van der Waals surface area contributed by atoms with Gasteiger partial charge in [-0.05, 0) is 159 Å². The van der Waals surface area contributed by atoms with E-state index in [0.29, 0.717) is 48.5 Å². The summed E-state index contributed by atoms with van der Waals surface area (Å²) >= 11 is 0. The standard InChI is InChI=1S/C26H43NO6.C18H20O2.C9H13N3O5/c1-14(4-7-22(31)27-13-23(32)33)17-5-6-18-24-19(12-21(30)26(17,18)3)25(2)9-8-16(28)10-15(25)11-20(24)29;1-18-9-8-14-13-5-3-12(19)10-11(13)2-4-15(14)16(18)6-7-17(18)20;10-5-1-2-12(9(16)11-5)8-7(15)6(14)4(3-13)17-8/h14-21,24,28-30H,4-13H2,1-3H3,(H,27,31)(H,32,33);3-5,10,14,16,19H,2,6-9H2,1H3;1-2,4,6-8,13-15H,3H2,(H2,10,11,16)/t14-,15+,16-,17-,18+,19+,20-,21+,24+,25+,26-;14-,16+,18+;4-,6-,7+,8-/m111/s1. The van der Waals surface area contributed by atoms with E-state index in [1.165, 1.54) is 29.0 Å². The number of rotatable bonds is 8. The maximum absolute atomic E-state index is 12.2. The number of fused-ring (bicyclic) bond motifs is 10. The summed E-state index contributed by atoms with van der Waals surface area (Å²) in [4.78, 5) is 49.9. The summed E-state index contributed by atoms with van der Waals surface area (Å²) in [5.74, 6) is 2.08. The van der Waals surface area contributed by atoms with Crippen molar-refractivity contribution in [2.45, 2.75) is 166 Å². The van der Waals surface area contributed by atoms with Crippen molar-refractivity contribution in [3.8, 4) is 5.75 Å². The van der Waals surface area contributed by atoms with Gasteiger partial charge in [0.25, 0.3) is 0 Å². The normalized spacial score (nSPS) is 40.5. The average molecular weight is 977 g/mol. The van der Waals surface area contributed by atoms with Crippen molar-refractivity contribution < 1.29 is 60.0 Å². The molecule has 1 aromatic carbocycles. The van der Waals surface area contributed by atoms with Crippen LogP contribution in [0.25, 0.3) is 0 Å². The number of phenolic OH excluding ortho intramolecular Hbond substituents is 1. The van der Waals surface area contributed by atoms with Crippen LogP contribution in [-0.2, 0) is 25.5 Å². The molecular weight excluding hydrogens is 901 g/mol. The Morgan fingerprint density at radius 2 is 1.71 bits per heavy atom. The molecule has 7 fully saturated rings. The minimum Gasteiger partial charge on any atom is -0.508 e. The highest BCUT2D eigenvalue weighted by Gasteiger charge is 2.66. The molecule has 386 valence electrons. The van der Waals surface area contributed by atoms with Gasteiger partial charge in [0.05, 0.1) is 24.9 Å². The van der Waals surface area contributed by atoms with E-state index in [1.54, 1.807) is 6.07 Å². The Morgan fingerprint density at radius 1 is 0.957 bits per heavy atom. The Balaban J connectivity index is 0.000000152. The Morgan fingerprint density at radius 3 is 2.41 bits per heavy atom. The first-order valence-corrected chi connectivity index (χ1v) is 25.7. The number of carbonyl (C=O) groups is 3. The third kappa shape index (κ3) is 9.48. The number of carboxylic acids is 1. The molecule has 2 aromatic rings. The zero-order chi connectivity index (χ0) is 50.6. The van der Waals surface area contributed by atoms with Gasteiger partial charge in [0.1, 0.15) is 42.2 Å². The molecule has 7 aliphatic carbocycles. The number of amides is 1. The monoisotopic (exact) mass is 977 g/mol. The van der Waals surface area contributed by atoms with Gasteiger partial charge in [-0.15, -0.1) is 0 Å². The highest BCUT2D eigenvalue weighted by Crippen LogP contribution is 2.68.